The zero-order valence-electron chi connectivity index (χ0n) is 16.6. The van der Waals surface area contributed by atoms with E-state index in [1.165, 1.54) is 12.1 Å². The molecule has 6 N–H and O–H groups in total. The summed E-state index contributed by atoms with van der Waals surface area (Å²) in [6.07, 6.45) is -13.1. The molecule has 9 atom stereocenters. The Morgan fingerprint density at radius 3 is 2.38 bits per heavy atom. The van der Waals surface area contributed by atoms with Gasteiger partial charge in [0.1, 0.15) is 54.1 Å². The largest absolute Gasteiger partial charge is 0.462 e. The zero-order chi connectivity index (χ0) is 23.0. The highest BCUT2D eigenvalue weighted by Gasteiger charge is 2.46. The molecule has 32 heavy (non-hydrogen) atoms. The first-order valence-electron chi connectivity index (χ1n) is 9.92. The van der Waals surface area contributed by atoms with Crippen LogP contribution in [-0.2, 0) is 14.2 Å². The molecule has 176 valence electrons. The smallest absolute Gasteiger partial charge is 0.336 e. The van der Waals surface area contributed by atoms with Crippen molar-refractivity contribution >= 4 is 11.0 Å². The van der Waals surface area contributed by atoms with E-state index < -0.39 is 67.5 Å². The van der Waals surface area contributed by atoms with Crippen LogP contribution in [0.4, 0.5) is 0 Å². The van der Waals surface area contributed by atoms with Gasteiger partial charge in [-0.2, -0.15) is 0 Å². The lowest BCUT2D eigenvalue weighted by atomic mass is 9.99. The molecule has 2 fully saturated rings. The fourth-order valence-electron chi connectivity index (χ4n) is 3.52. The van der Waals surface area contributed by atoms with Crippen LogP contribution < -0.4 is 10.4 Å². The van der Waals surface area contributed by atoms with Crippen molar-refractivity contribution in [1.29, 1.82) is 0 Å². The fourth-order valence-corrected chi connectivity index (χ4v) is 3.52. The van der Waals surface area contributed by atoms with E-state index in [-0.39, 0.29) is 17.9 Å². The summed E-state index contributed by atoms with van der Waals surface area (Å²) < 4.78 is 26.7. The van der Waals surface area contributed by atoms with Crippen LogP contribution in [0.25, 0.3) is 11.0 Å². The molecule has 4 rings (SSSR count). The standard InChI is InChI=1S/C20H24O12/c21-10-6-28-19(17(26)14(10)23)29-7-12-15(24)16(25)18(27)20(32-12)30-9-3-1-8-2-4-13(22)31-11(8)5-9/h1-5,10,12,14-21,23-27H,6-7H2/t10-,12-,14+,15-,16+,17-,18-,19+,20-/m1/s1. The molecule has 0 aliphatic carbocycles. The SMILES string of the molecule is O=c1ccc2ccc(O[C@@H]3O[C@H](CO[C@@H]4OC[C@@H](O)[C@H](O)[C@H]4O)[C@@H](O)[C@H](O)[C@H]3O)cc2o1. The van der Waals surface area contributed by atoms with Crippen LogP contribution in [0.15, 0.2) is 39.5 Å². The normalized spacial score (nSPS) is 38.0. The second-order valence-corrected chi connectivity index (χ2v) is 7.67. The second-order valence-electron chi connectivity index (χ2n) is 7.67. The van der Waals surface area contributed by atoms with Crippen molar-refractivity contribution in [2.45, 2.75) is 55.3 Å². The third-order valence-corrected chi connectivity index (χ3v) is 5.39. The van der Waals surface area contributed by atoms with E-state index >= 15 is 0 Å². The molecule has 0 saturated carbocycles. The number of ether oxygens (including phenoxy) is 4. The average Bonchev–Trinajstić information content (AvgIpc) is 2.78. The number of hydrogen-bond donors (Lipinski definition) is 6. The Hall–Kier alpha value is -2.13. The minimum absolute atomic E-state index is 0.169. The van der Waals surface area contributed by atoms with Crippen molar-refractivity contribution in [2.75, 3.05) is 13.2 Å². The van der Waals surface area contributed by atoms with Gasteiger partial charge < -0.3 is 54.0 Å². The number of benzene rings is 1. The van der Waals surface area contributed by atoms with E-state index in [1.54, 1.807) is 18.2 Å². The van der Waals surface area contributed by atoms with Gasteiger partial charge in [-0.05, 0) is 18.2 Å². The summed E-state index contributed by atoms with van der Waals surface area (Å²) in [7, 11) is 0. The van der Waals surface area contributed by atoms with E-state index in [0.29, 0.717) is 5.39 Å². The molecule has 2 aromatic rings. The first kappa shape index (κ1) is 23.0. The molecule has 0 bridgehead atoms. The number of hydrogen-bond acceptors (Lipinski definition) is 12. The van der Waals surface area contributed by atoms with E-state index in [2.05, 4.69) is 0 Å². The van der Waals surface area contributed by atoms with Gasteiger partial charge in [-0.25, -0.2) is 4.79 Å². The van der Waals surface area contributed by atoms with Crippen molar-refractivity contribution in [3.05, 3.63) is 40.8 Å². The summed E-state index contributed by atoms with van der Waals surface area (Å²) in [4.78, 5) is 11.4. The van der Waals surface area contributed by atoms with Crippen LogP contribution >= 0.6 is 0 Å². The Kier molecular flexibility index (Phi) is 6.76. The third kappa shape index (κ3) is 4.64. The van der Waals surface area contributed by atoms with Gasteiger partial charge >= 0.3 is 5.63 Å². The van der Waals surface area contributed by atoms with Gasteiger partial charge in [0.25, 0.3) is 0 Å². The predicted octanol–water partition coefficient (Wildman–Crippen LogP) is -2.56. The molecule has 3 heterocycles. The lowest BCUT2D eigenvalue weighted by Crippen LogP contribution is -2.61. The third-order valence-electron chi connectivity index (χ3n) is 5.39. The van der Waals surface area contributed by atoms with Crippen LogP contribution in [0.2, 0.25) is 0 Å². The first-order valence-corrected chi connectivity index (χ1v) is 9.92. The first-order chi connectivity index (χ1) is 15.2. The van der Waals surface area contributed by atoms with Crippen molar-refractivity contribution in [1.82, 2.24) is 0 Å². The van der Waals surface area contributed by atoms with Gasteiger partial charge in [0, 0.05) is 17.5 Å². The van der Waals surface area contributed by atoms with Crippen LogP contribution in [0.5, 0.6) is 5.75 Å². The summed E-state index contributed by atoms with van der Waals surface area (Å²) >= 11 is 0. The Morgan fingerprint density at radius 2 is 1.59 bits per heavy atom. The summed E-state index contributed by atoms with van der Waals surface area (Å²) in [5.74, 6) is 0.169. The lowest BCUT2D eigenvalue weighted by Gasteiger charge is -2.41. The number of aliphatic hydroxyl groups excluding tert-OH is 6. The molecule has 1 aromatic heterocycles. The number of rotatable bonds is 5. The van der Waals surface area contributed by atoms with E-state index in [0.717, 1.165) is 0 Å². The van der Waals surface area contributed by atoms with Crippen LogP contribution in [0.3, 0.4) is 0 Å². The summed E-state index contributed by atoms with van der Waals surface area (Å²) in [6, 6.07) is 7.42. The molecule has 0 unspecified atom stereocenters. The molecule has 2 aliphatic rings. The summed E-state index contributed by atoms with van der Waals surface area (Å²) in [5, 5.41) is 60.5. The van der Waals surface area contributed by atoms with Crippen LogP contribution in [0.1, 0.15) is 0 Å². The van der Waals surface area contributed by atoms with Crippen molar-refractivity contribution in [2.24, 2.45) is 0 Å². The maximum atomic E-state index is 11.4. The molecule has 1 aromatic carbocycles. The monoisotopic (exact) mass is 456 g/mol. The van der Waals surface area contributed by atoms with Gasteiger partial charge in [-0.1, -0.05) is 0 Å². The number of aliphatic hydroxyl groups is 6. The van der Waals surface area contributed by atoms with Crippen molar-refractivity contribution in [3.8, 4) is 5.75 Å². The second kappa shape index (κ2) is 9.39. The molecule has 12 nitrogen and oxygen atoms in total. The summed E-state index contributed by atoms with van der Waals surface area (Å²) in [6.45, 7) is -0.677. The number of fused-ring (bicyclic) bond motifs is 1. The predicted molar refractivity (Wildman–Crippen MR) is 104 cm³/mol. The minimum Gasteiger partial charge on any atom is -0.462 e. The van der Waals surface area contributed by atoms with Crippen molar-refractivity contribution in [3.63, 3.8) is 0 Å². The fraction of sp³-hybridized carbons (Fsp3) is 0.550. The van der Waals surface area contributed by atoms with E-state index in [1.807, 2.05) is 0 Å². The molecule has 0 radical (unpaired) electrons. The van der Waals surface area contributed by atoms with E-state index in [4.69, 9.17) is 23.4 Å². The Labute approximate surface area is 180 Å². The van der Waals surface area contributed by atoms with Gasteiger partial charge in [0.15, 0.2) is 6.29 Å². The highest BCUT2D eigenvalue weighted by Crippen LogP contribution is 2.27. The Balaban J connectivity index is 1.43. The van der Waals surface area contributed by atoms with Gasteiger partial charge in [-0.15, -0.1) is 0 Å². The maximum Gasteiger partial charge on any atom is 0.336 e. The van der Waals surface area contributed by atoms with E-state index in [9.17, 15) is 35.4 Å². The lowest BCUT2D eigenvalue weighted by molar-refractivity contribution is -0.307. The van der Waals surface area contributed by atoms with Gasteiger partial charge in [-0.3, -0.25) is 0 Å². The molecule has 0 spiro atoms. The molecule has 12 heteroatoms. The van der Waals surface area contributed by atoms with Crippen LogP contribution in [-0.4, -0.2) is 99.2 Å². The van der Waals surface area contributed by atoms with Gasteiger partial charge in [0.05, 0.1) is 13.2 Å². The molecule has 0 amide bonds. The van der Waals surface area contributed by atoms with Crippen LogP contribution in [0, 0.1) is 0 Å². The molecular weight excluding hydrogens is 432 g/mol. The Morgan fingerprint density at radius 1 is 0.875 bits per heavy atom. The van der Waals surface area contributed by atoms with Crippen molar-refractivity contribution < 1.29 is 54.0 Å². The maximum absolute atomic E-state index is 11.4. The summed E-state index contributed by atoms with van der Waals surface area (Å²) in [5.41, 5.74) is -0.311. The minimum atomic E-state index is -1.65. The molecule has 2 aliphatic heterocycles. The molecule has 2 saturated heterocycles. The zero-order valence-corrected chi connectivity index (χ0v) is 16.6. The highest BCUT2D eigenvalue weighted by atomic mass is 16.7. The average molecular weight is 456 g/mol. The molecular formula is C20H24O12. The quantitative estimate of drug-likeness (QED) is 0.259. The highest BCUT2D eigenvalue weighted by molar-refractivity contribution is 5.77. The Bertz CT molecular complexity index is 978. The van der Waals surface area contributed by atoms with Gasteiger partial charge in [0.2, 0.25) is 6.29 Å². The topological polar surface area (TPSA) is 189 Å².